The van der Waals surface area contributed by atoms with Crippen molar-refractivity contribution in [1.29, 1.82) is 0 Å². The number of nitrogens with one attached hydrogen (secondary N) is 1. The average molecular weight is 290 g/mol. The van der Waals surface area contributed by atoms with Crippen LogP contribution in [-0.4, -0.2) is 50.7 Å². The molecule has 0 saturated carbocycles. The zero-order valence-electron chi connectivity index (χ0n) is 11.4. The molecular weight excluding hydrogens is 276 g/mol. The predicted octanol–water partition coefficient (Wildman–Crippen LogP) is -0.0582. The molecule has 0 bridgehead atoms. The lowest BCUT2D eigenvalue weighted by Crippen LogP contribution is -2.55. The van der Waals surface area contributed by atoms with Gasteiger partial charge in [0, 0.05) is 25.6 Å². The van der Waals surface area contributed by atoms with E-state index in [0.29, 0.717) is 17.7 Å². The number of aliphatic carboxylic acids is 1. The van der Waals surface area contributed by atoms with Crippen molar-refractivity contribution in [2.45, 2.75) is 12.0 Å². The normalized spacial score (nSPS) is 21.6. The number of rotatable bonds is 3. The Morgan fingerprint density at radius 1 is 1.48 bits per heavy atom. The van der Waals surface area contributed by atoms with Gasteiger partial charge in [-0.25, -0.2) is 9.48 Å². The molecule has 2 heterocycles. The minimum absolute atomic E-state index is 0.0263. The molecule has 1 aliphatic heterocycles. The molecule has 1 unspecified atom stereocenters. The first-order valence-electron chi connectivity index (χ1n) is 6.45. The second-order valence-corrected chi connectivity index (χ2v) is 5.06. The SMILES string of the molecule is Cn1nnc2cc(C(=O)NC3(C(=O)O)CCOC3)ccc21. The van der Waals surface area contributed by atoms with E-state index in [1.807, 2.05) is 0 Å². The molecule has 1 aromatic carbocycles. The zero-order valence-corrected chi connectivity index (χ0v) is 11.4. The van der Waals surface area contributed by atoms with E-state index in [4.69, 9.17) is 4.74 Å². The number of fused-ring (bicyclic) bond motifs is 1. The lowest BCUT2D eigenvalue weighted by molar-refractivity contribution is -0.144. The Hall–Kier alpha value is -2.48. The summed E-state index contributed by atoms with van der Waals surface area (Å²) in [6.07, 6.45) is 0.251. The van der Waals surface area contributed by atoms with E-state index in [2.05, 4.69) is 15.6 Å². The molecule has 110 valence electrons. The molecule has 0 aliphatic carbocycles. The molecule has 8 nitrogen and oxygen atoms in total. The van der Waals surface area contributed by atoms with Gasteiger partial charge in [-0.1, -0.05) is 5.21 Å². The molecule has 1 fully saturated rings. The summed E-state index contributed by atoms with van der Waals surface area (Å²) in [4.78, 5) is 23.7. The van der Waals surface area contributed by atoms with Crippen LogP contribution >= 0.6 is 0 Å². The lowest BCUT2D eigenvalue weighted by Gasteiger charge is -2.23. The smallest absolute Gasteiger partial charge is 0.331 e. The largest absolute Gasteiger partial charge is 0.479 e. The van der Waals surface area contributed by atoms with Gasteiger partial charge < -0.3 is 15.2 Å². The maximum absolute atomic E-state index is 12.3. The van der Waals surface area contributed by atoms with Gasteiger partial charge in [-0.2, -0.15) is 0 Å². The Labute approximate surface area is 119 Å². The van der Waals surface area contributed by atoms with Crippen LogP contribution < -0.4 is 5.32 Å². The number of aromatic nitrogens is 3. The van der Waals surface area contributed by atoms with Crippen molar-refractivity contribution in [3.63, 3.8) is 0 Å². The third-order valence-corrected chi connectivity index (χ3v) is 3.66. The molecular formula is C13H14N4O4. The number of hydrogen-bond acceptors (Lipinski definition) is 5. The summed E-state index contributed by atoms with van der Waals surface area (Å²) in [6.45, 7) is 0.289. The first-order valence-corrected chi connectivity index (χ1v) is 6.45. The van der Waals surface area contributed by atoms with Crippen molar-refractivity contribution in [2.24, 2.45) is 7.05 Å². The summed E-state index contributed by atoms with van der Waals surface area (Å²) >= 11 is 0. The van der Waals surface area contributed by atoms with Crippen molar-refractivity contribution in [3.05, 3.63) is 23.8 Å². The molecule has 2 N–H and O–H groups in total. The molecule has 0 spiro atoms. The summed E-state index contributed by atoms with van der Waals surface area (Å²) < 4.78 is 6.71. The highest BCUT2D eigenvalue weighted by atomic mass is 16.5. The van der Waals surface area contributed by atoms with Gasteiger partial charge in [-0.3, -0.25) is 4.79 Å². The highest BCUT2D eigenvalue weighted by molar-refractivity contribution is 6.00. The number of carbonyl (C=O) groups is 2. The van der Waals surface area contributed by atoms with Gasteiger partial charge >= 0.3 is 5.97 Å². The summed E-state index contributed by atoms with van der Waals surface area (Å²) in [7, 11) is 1.75. The monoisotopic (exact) mass is 290 g/mol. The Kier molecular flexibility index (Phi) is 3.09. The second-order valence-electron chi connectivity index (χ2n) is 5.06. The number of carboxylic acids is 1. The van der Waals surface area contributed by atoms with Crippen LogP contribution in [0.3, 0.4) is 0 Å². The highest BCUT2D eigenvalue weighted by Gasteiger charge is 2.44. The molecule has 1 aromatic heterocycles. The van der Waals surface area contributed by atoms with E-state index in [0.717, 1.165) is 5.52 Å². The molecule has 3 rings (SSSR count). The lowest BCUT2D eigenvalue weighted by atomic mass is 9.98. The number of benzene rings is 1. The topological polar surface area (TPSA) is 106 Å². The highest BCUT2D eigenvalue weighted by Crippen LogP contribution is 2.20. The van der Waals surface area contributed by atoms with Crippen LogP contribution in [0.4, 0.5) is 0 Å². The number of nitrogens with zero attached hydrogens (tertiary/aromatic N) is 3. The maximum Gasteiger partial charge on any atom is 0.331 e. The van der Waals surface area contributed by atoms with Crippen LogP contribution in [0.2, 0.25) is 0 Å². The van der Waals surface area contributed by atoms with E-state index >= 15 is 0 Å². The van der Waals surface area contributed by atoms with Crippen LogP contribution in [0.25, 0.3) is 11.0 Å². The van der Waals surface area contributed by atoms with Crippen LogP contribution in [0.15, 0.2) is 18.2 Å². The quantitative estimate of drug-likeness (QED) is 0.820. The van der Waals surface area contributed by atoms with E-state index in [9.17, 15) is 14.7 Å². The minimum atomic E-state index is -1.35. The number of carbonyl (C=O) groups excluding carboxylic acids is 1. The second kappa shape index (κ2) is 4.81. The molecule has 8 heteroatoms. The predicted molar refractivity (Wildman–Crippen MR) is 71.8 cm³/mol. The Balaban J connectivity index is 1.88. The number of hydrogen-bond donors (Lipinski definition) is 2. The molecule has 1 aliphatic rings. The Morgan fingerprint density at radius 2 is 2.29 bits per heavy atom. The summed E-state index contributed by atoms with van der Waals surface area (Å²) in [5.41, 5.74) is 0.366. The summed E-state index contributed by atoms with van der Waals surface area (Å²) in [6, 6.07) is 4.93. The van der Waals surface area contributed by atoms with Gasteiger partial charge in [0.25, 0.3) is 5.91 Å². The van der Waals surface area contributed by atoms with Crippen LogP contribution in [-0.2, 0) is 16.6 Å². The van der Waals surface area contributed by atoms with E-state index < -0.39 is 17.4 Å². The number of aryl methyl sites for hydroxylation is 1. The fourth-order valence-corrected chi connectivity index (χ4v) is 2.36. The van der Waals surface area contributed by atoms with Gasteiger partial charge in [0.2, 0.25) is 0 Å². The first-order chi connectivity index (χ1) is 10.0. The van der Waals surface area contributed by atoms with Gasteiger partial charge in [-0.15, -0.1) is 5.10 Å². The van der Waals surface area contributed by atoms with Crippen molar-refractivity contribution in [1.82, 2.24) is 20.3 Å². The Morgan fingerprint density at radius 3 is 2.95 bits per heavy atom. The third-order valence-electron chi connectivity index (χ3n) is 3.66. The fraction of sp³-hybridized carbons (Fsp3) is 0.385. The van der Waals surface area contributed by atoms with Crippen molar-refractivity contribution < 1.29 is 19.4 Å². The Bertz CT molecular complexity index is 718. The fourth-order valence-electron chi connectivity index (χ4n) is 2.36. The standard InChI is InChI=1S/C13H14N4O4/c1-17-10-3-2-8(6-9(10)15-16-17)11(18)14-13(12(19)20)4-5-21-7-13/h2-3,6H,4-5,7H2,1H3,(H,14,18)(H,19,20). The zero-order chi connectivity index (χ0) is 15.0. The number of ether oxygens (including phenoxy) is 1. The first kappa shape index (κ1) is 13.5. The minimum Gasteiger partial charge on any atom is -0.479 e. The van der Waals surface area contributed by atoms with Crippen LogP contribution in [0.1, 0.15) is 16.8 Å². The molecule has 1 amide bonds. The molecule has 21 heavy (non-hydrogen) atoms. The van der Waals surface area contributed by atoms with Crippen molar-refractivity contribution >= 4 is 22.9 Å². The van der Waals surface area contributed by atoms with Gasteiger partial charge in [0.1, 0.15) is 5.52 Å². The number of carboxylic acid groups (broad SMARTS) is 1. The molecule has 0 radical (unpaired) electrons. The van der Waals surface area contributed by atoms with Crippen molar-refractivity contribution in [3.8, 4) is 0 Å². The van der Waals surface area contributed by atoms with E-state index in [-0.39, 0.29) is 13.0 Å². The van der Waals surface area contributed by atoms with Gasteiger partial charge in [0.05, 0.1) is 12.1 Å². The summed E-state index contributed by atoms with van der Waals surface area (Å²) in [5, 5.41) is 19.7. The number of amides is 1. The molecule has 2 aromatic rings. The van der Waals surface area contributed by atoms with Crippen LogP contribution in [0.5, 0.6) is 0 Å². The van der Waals surface area contributed by atoms with E-state index in [1.165, 1.54) is 0 Å². The summed E-state index contributed by atoms with van der Waals surface area (Å²) in [5.74, 6) is -1.55. The van der Waals surface area contributed by atoms with Gasteiger partial charge in [0.15, 0.2) is 5.54 Å². The van der Waals surface area contributed by atoms with E-state index in [1.54, 1.807) is 29.9 Å². The molecule has 1 atom stereocenters. The van der Waals surface area contributed by atoms with Gasteiger partial charge in [-0.05, 0) is 18.2 Å². The van der Waals surface area contributed by atoms with Crippen molar-refractivity contribution in [2.75, 3.05) is 13.2 Å². The maximum atomic E-state index is 12.3. The average Bonchev–Trinajstić information content (AvgIpc) is 3.07. The third kappa shape index (κ3) is 2.23. The van der Waals surface area contributed by atoms with Crippen LogP contribution in [0, 0.1) is 0 Å². The molecule has 1 saturated heterocycles.